The summed E-state index contributed by atoms with van der Waals surface area (Å²) in [5, 5.41) is 20.4. The molecule has 0 bridgehead atoms. The highest BCUT2D eigenvalue weighted by atomic mass is 32.1. The average molecular weight is 1930 g/mol. The Morgan fingerprint density at radius 1 is 0.174 bits per heavy atom. The SMILES string of the molecule is c1ccc(-c2nc(-c3cc4c5cccc(N(c6ccccc6)c6ccccc6)c5oc4c4ccccc34)nc3ccccc23)cc1.c1ccc(N(c2ccccc2)c2cccc3c2oc2c4ccccc4c(-c4nc(-c5ccc6ccccc6c5)c5ccccc5n4)cc32)cc1.c1ccc(N(c2ccccc2)c2cccc3c2oc2c4ccccc4c(-c4nc(-c5ccc6ccccc6c5)c5sc6ccccc6c5n4)cc32)cc1. The molecule has 0 atom stereocenters. The lowest BCUT2D eigenvalue weighted by atomic mass is 9.98. The van der Waals surface area contributed by atoms with Gasteiger partial charge in [0, 0.05) is 137 Å². The number of rotatable bonds is 15. The van der Waals surface area contributed by atoms with E-state index in [9.17, 15) is 0 Å². The van der Waals surface area contributed by atoms with Gasteiger partial charge in [0.05, 0.1) is 55.4 Å². The van der Waals surface area contributed by atoms with Gasteiger partial charge in [-0.1, -0.05) is 376 Å². The second-order valence-corrected chi connectivity index (χ2v) is 38.4. The lowest BCUT2D eigenvalue weighted by Crippen LogP contribution is -2.09. The Balaban J connectivity index is 0.000000108. The van der Waals surface area contributed by atoms with Crippen LogP contribution in [0, 0.1) is 0 Å². The summed E-state index contributed by atoms with van der Waals surface area (Å²) in [7, 11) is 0. The van der Waals surface area contributed by atoms with Crippen LogP contribution in [0.3, 0.4) is 0 Å². The number of anilines is 9. The molecule has 0 aliphatic heterocycles. The normalized spacial score (nSPS) is 11.6. The molecule has 0 fully saturated rings. The van der Waals surface area contributed by atoms with E-state index in [2.05, 4.69) is 470 Å². The summed E-state index contributed by atoms with van der Waals surface area (Å²) < 4.78 is 23.1. The number of fused-ring (bicyclic) bond motifs is 22. The number of furan rings is 3. The molecule has 0 unspecified atom stereocenters. The van der Waals surface area contributed by atoms with Gasteiger partial charge in [0.2, 0.25) is 0 Å². The Labute approximate surface area is 859 Å². The highest BCUT2D eigenvalue weighted by Crippen LogP contribution is 2.52. The van der Waals surface area contributed by atoms with Crippen molar-refractivity contribution < 1.29 is 13.3 Å². The summed E-state index contributed by atoms with van der Waals surface area (Å²) in [6.45, 7) is 0. The number of nitrogens with zero attached hydrogens (tertiary/aromatic N) is 9. The topological polar surface area (TPSA) is 126 Å². The zero-order chi connectivity index (χ0) is 98.4. The van der Waals surface area contributed by atoms with Crippen molar-refractivity contribution in [3.8, 4) is 67.9 Å². The molecule has 13 heteroatoms. The number of hydrogen-bond acceptors (Lipinski definition) is 13. The molecular formula is C136H85N9O3S. The molecule has 149 heavy (non-hydrogen) atoms. The molecule has 7 aromatic heterocycles. The summed E-state index contributed by atoms with van der Waals surface area (Å²) in [6.07, 6.45) is 0. The summed E-state index contributed by atoms with van der Waals surface area (Å²) in [6, 6.07) is 179. The minimum absolute atomic E-state index is 0.686. The molecular weight excluding hydrogens is 1840 g/mol. The van der Waals surface area contributed by atoms with E-state index in [1.54, 1.807) is 11.3 Å². The molecule has 12 nitrogen and oxygen atoms in total. The molecule has 0 aliphatic rings. The number of para-hydroxylation sites is 11. The van der Waals surface area contributed by atoms with Crippen molar-refractivity contribution in [1.82, 2.24) is 29.9 Å². The van der Waals surface area contributed by atoms with Crippen LogP contribution < -0.4 is 14.7 Å². The van der Waals surface area contributed by atoms with Gasteiger partial charge in [-0.25, -0.2) is 29.9 Å². The fourth-order valence-electron chi connectivity index (χ4n) is 21.7. The van der Waals surface area contributed by atoms with Crippen molar-refractivity contribution in [3.05, 3.63) is 516 Å². The largest absolute Gasteiger partial charge is 0.453 e. The van der Waals surface area contributed by atoms with E-state index in [4.69, 9.17) is 43.2 Å². The van der Waals surface area contributed by atoms with Gasteiger partial charge in [0.1, 0.15) is 16.7 Å². The van der Waals surface area contributed by atoms with Crippen LogP contribution in [0.15, 0.2) is 529 Å². The fraction of sp³-hybridized carbons (Fsp3) is 0. The van der Waals surface area contributed by atoms with Gasteiger partial charge in [-0.2, -0.15) is 0 Å². The standard InChI is InChI=1S/C48H29N3OS.C46H29N3O.C42H27N3O/c1-3-16-33(17-4-1)51(34-18-5-2-6-19-34)41-24-13-23-37-39-29-40(35-20-9-10-21-36(35)45(39)52-46(37)41)48-49-43(32-27-26-30-14-7-8-15-31(30)28-32)47-44(50-48)38-22-11-12-25-42(38)53-47;1-3-16-33(17-4-1)49(34-18-5-2-6-19-34)42-25-13-23-37-39-29-40(35-20-9-10-21-36(35)44(39)50-45(37)42)46-47-41-24-12-11-22-38(41)43(48-46)32-27-26-30-14-7-8-15-31(30)28-32;1-4-15-28(16-5-1)39-34-23-12-13-25-37(34)43-42(44-39)36-27-35-33-24-14-26-38(41(33)46-40(35)32-22-11-10-21-31(32)36)45(29-17-6-2-7-18-29)30-19-8-3-9-20-30/h1-29H;1-29H;1-27H. The highest BCUT2D eigenvalue weighted by Gasteiger charge is 2.30. The molecule has 30 rings (SSSR count). The number of hydrogen-bond donors (Lipinski definition) is 0. The van der Waals surface area contributed by atoms with Crippen LogP contribution in [0.1, 0.15) is 0 Å². The summed E-state index contributed by atoms with van der Waals surface area (Å²) in [4.78, 5) is 38.5. The average Bonchev–Trinajstić information content (AvgIpc) is 1.59. The van der Waals surface area contributed by atoms with Crippen LogP contribution in [-0.4, -0.2) is 29.9 Å². The molecule has 0 saturated carbocycles. The van der Waals surface area contributed by atoms with Gasteiger partial charge in [-0.05, 0) is 177 Å². The third kappa shape index (κ3) is 15.4. The predicted octanol–water partition coefficient (Wildman–Crippen LogP) is 38.0. The first-order valence-electron chi connectivity index (χ1n) is 50.0. The third-order valence-corrected chi connectivity index (χ3v) is 29.7. The molecule has 23 aromatic carbocycles. The first-order chi connectivity index (χ1) is 73.9. The van der Waals surface area contributed by atoms with Crippen LogP contribution in [0.5, 0.6) is 0 Å². The van der Waals surface area contributed by atoms with Gasteiger partial charge >= 0.3 is 0 Å². The van der Waals surface area contributed by atoms with Gasteiger partial charge in [0.15, 0.2) is 34.2 Å². The molecule has 30 aromatic rings. The summed E-state index contributed by atoms with van der Waals surface area (Å²) in [5.74, 6) is 2.07. The van der Waals surface area contributed by atoms with Crippen molar-refractivity contribution in [2.75, 3.05) is 14.7 Å². The van der Waals surface area contributed by atoms with Crippen LogP contribution in [0.25, 0.3) is 230 Å². The molecule has 0 saturated heterocycles. The molecule has 0 N–H and O–H groups in total. The van der Waals surface area contributed by atoms with Crippen molar-refractivity contribution in [3.63, 3.8) is 0 Å². The Kier molecular flexibility index (Phi) is 21.5. The third-order valence-electron chi connectivity index (χ3n) is 28.5. The number of aromatic nitrogens is 6. The van der Waals surface area contributed by atoms with Crippen molar-refractivity contribution in [2.45, 2.75) is 0 Å². The molecule has 0 amide bonds. The number of thiophene rings is 1. The minimum atomic E-state index is 0.686. The Morgan fingerprint density at radius 3 is 0.826 bits per heavy atom. The van der Waals surface area contributed by atoms with E-state index in [1.165, 1.54) is 26.2 Å². The van der Waals surface area contributed by atoms with Crippen molar-refractivity contribution in [1.29, 1.82) is 0 Å². The second kappa shape index (κ2) is 36.8. The summed E-state index contributed by atoms with van der Waals surface area (Å²) in [5.41, 5.74) is 26.0. The van der Waals surface area contributed by atoms with Crippen LogP contribution in [-0.2, 0) is 0 Å². The lowest BCUT2D eigenvalue weighted by molar-refractivity contribution is 0.672. The van der Waals surface area contributed by atoms with E-state index in [0.29, 0.717) is 17.5 Å². The van der Waals surface area contributed by atoms with Gasteiger partial charge < -0.3 is 28.0 Å². The lowest BCUT2D eigenvalue weighted by Gasteiger charge is -2.25. The van der Waals surface area contributed by atoms with Gasteiger partial charge in [0.25, 0.3) is 0 Å². The quantitative estimate of drug-likeness (QED) is 0.0970. The first-order valence-corrected chi connectivity index (χ1v) is 50.8. The monoisotopic (exact) mass is 1920 g/mol. The first kappa shape index (κ1) is 87.0. The Morgan fingerprint density at radius 2 is 0.450 bits per heavy atom. The van der Waals surface area contributed by atoms with Crippen molar-refractivity contribution >= 4 is 224 Å². The minimum Gasteiger partial charge on any atom is -0.453 e. The predicted molar refractivity (Wildman–Crippen MR) is 620 cm³/mol. The molecule has 0 radical (unpaired) electrons. The molecule has 0 spiro atoms. The molecule has 0 aliphatic carbocycles. The zero-order valence-electron chi connectivity index (χ0n) is 80.2. The smallest absolute Gasteiger partial charge is 0.161 e. The molecule has 698 valence electrons. The number of benzene rings is 23. The molecule has 7 heterocycles. The van der Waals surface area contributed by atoms with Gasteiger partial charge in [-0.15, -0.1) is 11.3 Å². The van der Waals surface area contributed by atoms with E-state index < -0.39 is 0 Å². The summed E-state index contributed by atoms with van der Waals surface area (Å²) >= 11 is 1.76. The van der Waals surface area contributed by atoms with Crippen LogP contribution in [0.2, 0.25) is 0 Å². The highest BCUT2D eigenvalue weighted by molar-refractivity contribution is 7.26. The van der Waals surface area contributed by atoms with Gasteiger partial charge in [-0.3, -0.25) is 0 Å². The zero-order valence-corrected chi connectivity index (χ0v) is 81.0. The van der Waals surface area contributed by atoms with Crippen LogP contribution >= 0.6 is 11.3 Å². The maximum Gasteiger partial charge on any atom is 0.161 e. The van der Waals surface area contributed by atoms with E-state index in [0.717, 1.165) is 237 Å². The van der Waals surface area contributed by atoms with E-state index >= 15 is 0 Å². The van der Waals surface area contributed by atoms with Crippen molar-refractivity contribution in [2.24, 2.45) is 0 Å². The fourth-order valence-corrected chi connectivity index (χ4v) is 22.8. The maximum atomic E-state index is 6.98. The second-order valence-electron chi connectivity index (χ2n) is 37.3. The van der Waals surface area contributed by atoms with Crippen LogP contribution in [0.4, 0.5) is 51.2 Å². The maximum absolute atomic E-state index is 6.98. The Hall–Kier alpha value is -19.9. The van der Waals surface area contributed by atoms with E-state index in [1.807, 2.05) is 60.7 Å². The van der Waals surface area contributed by atoms with E-state index in [-0.39, 0.29) is 0 Å². The Bertz CT molecular complexity index is 10400.